The van der Waals surface area contributed by atoms with Crippen LogP contribution in [-0.4, -0.2) is 12.0 Å². The van der Waals surface area contributed by atoms with Crippen molar-refractivity contribution in [3.05, 3.63) is 44.8 Å². The highest BCUT2D eigenvalue weighted by Crippen LogP contribution is 2.24. The van der Waals surface area contributed by atoms with Crippen LogP contribution in [0.15, 0.2) is 33.6 Å². The van der Waals surface area contributed by atoms with E-state index in [4.69, 9.17) is 5.26 Å². The summed E-state index contributed by atoms with van der Waals surface area (Å²) in [6.07, 6.45) is 0. The second kappa shape index (κ2) is 5.30. The van der Waals surface area contributed by atoms with E-state index < -0.39 is 0 Å². The number of nitriles is 1. The Morgan fingerprint density at radius 1 is 1.53 bits per heavy atom. The Hall–Kier alpha value is -1.38. The summed E-state index contributed by atoms with van der Waals surface area (Å²) in [5.41, 5.74) is 4.42. The van der Waals surface area contributed by atoms with Gasteiger partial charge in [0, 0.05) is 16.9 Å². The standard InChI is InChI=1S/C12H10BrN3S/c1-16(6-11-7-17-8-15-11)12-3-2-10(13)4-9(12)5-14/h2-4,7-8H,6H2,1H3. The summed E-state index contributed by atoms with van der Waals surface area (Å²) in [5, 5.41) is 11.1. The lowest BCUT2D eigenvalue weighted by Crippen LogP contribution is -2.17. The predicted molar refractivity (Wildman–Crippen MR) is 73.1 cm³/mol. The van der Waals surface area contributed by atoms with Crippen molar-refractivity contribution in [2.75, 3.05) is 11.9 Å². The number of anilines is 1. The number of hydrogen-bond donors (Lipinski definition) is 0. The molecular formula is C12H10BrN3S. The minimum Gasteiger partial charge on any atom is -0.368 e. The summed E-state index contributed by atoms with van der Waals surface area (Å²) in [5.74, 6) is 0. The summed E-state index contributed by atoms with van der Waals surface area (Å²) in [6, 6.07) is 7.91. The van der Waals surface area contributed by atoms with Gasteiger partial charge < -0.3 is 4.90 Å². The molecule has 0 amide bonds. The first-order valence-corrected chi connectivity index (χ1v) is 6.72. The van der Waals surface area contributed by atoms with E-state index in [2.05, 4.69) is 27.0 Å². The van der Waals surface area contributed by atoms with Gasteiger partial charge in [0.05, 0.1) is 29.0 Å². The second-order valence-corrected chi connectivity index (χ2v) is 5.24. The van der Waals surface area contributed by atoms with Crippen LogP contribution in [0.5, 0.6) is 0 Å². The van der Waals surface area contributed by atoms with Gasteiger partial charge in [-0.3, -0.25) is 0 Å². The van der Waals surface area contributed by atoms with Gasteiger partial charge in [-0.2, -0.15) is 5.26 Å². The highest BCUT2D eigenvalue weighted by molar-refractivity contribution is 9.10. The maximum Gasteiger partial charge on any atom is 0.101 e. The van der Waals surface area contributed by atoms with Gasteiger partial charge in [-0.1, -0.05) is 15.9 Å². The maximum atomic E-state index is 9.11. The van der Waals surface area contributed by atoms with E-state index in [-0.39, 0.29) is 0 Å². The lowest BCUT2D eigenvalue weighted by atomic mass is 10.2. The molecule has 3 nitrogen and oxygen atoms in total. The van der Waals surface area contributed by atoms with Crippen molar-refractivity contribution in [1.82, 2.24) is 4.98 Å². The number of nitrogens with zero attached hydrogens (tertiary/aromatic N) is 3. The number of rotatable bonds is 3. The summed E-state index contributed by atoms with van der Waals surface area (Å²) < 4.78 is 0.917. The van der Waals surface area contributed by atoms with Gasteiger partial charge in [0.2, 0.25) is 0 Å². The summed E-state index contributed by atoms with van der Waals surface area (Å²) in [6.45, 7) is 0.708. The van der Waals surface area contributed by atoms with Crippen molar-refractivity contribution >= 4 is 33.0 Å². The molecule has 0 aliphatic heterocycles. The van der Waals surface area contributed by atoms with E-state index in [0.717, 1.165) is 15.9 Å². The van der Waals surface area contributed by atoms with Gasteiger partial charge >= 0.3 is 0 Å². The zero-order chi connectivity index (χ0) is 12.3. The third-order valence-corrected chi connectivity index (χ3v) is 3.50. The molecule has 0 bridgehead atoms. The molecule has 0 aliphatic carbocycles. The fraction of sp³-hybridized carbons (Fsp3) is 0.167. The van der Waals surface area contributed by atoms with Gasteiger partial charge in [0.25, 0.3) is 0 Å². The fourth-order valence-corrected chi connectivity index (χ4v) is 2.49. The average molecular weight is 308 g/mol. The Labute approximate surface area is 112 Å². The van der Waals surface area contributed by atoms with Crippen LogP contribution < -0.4 is 4.90 Å². The molecule has 0 saturated carbocycles. The van der Waals surface area contributed by atoms with Crippen LogP contribution >= 0.6 is 27.3 Å². The van der Waals surface area contributed by atoms with E-state index in [1.54, 1.807) is 11.3 Å². The third-order valence-electron chi connectivity index (χ3n) is 2.37. The zero-order valence-corrected chi connectivity index (χ0v) is 11.6. The predicted octanol–water partition coefficient (Wildman–Crippen LogP) is 3.41. The van der Waals surface area contributed by atoms with Crippen LogP contribution in [-0.2, 0) is 6.54 Å². The second-order valence-electron chi connectivity index (χ2n) is 3.61. The topological polar surface area (TPSA) is 39.9 Å². The summed E-state index contributed by atoms with van der Waals surface area (Å²) in [4.78, 5) is 6.27. The van der Waals surface area contributed by atoms with Crippen molar-refractivity contribution in [2.24, 2.45) is 0 Å². The molecular weight excluding hydrogens is 298 g/mol. The van der Waals surface area contributed by atoms with Gasteiger partial charge in [0.1, 0.15) is 6.07 Å². The number of thiazole rings is 1. The SMILES string of the molecule is CN(Cc1cscn1)c1ccc(Br)cc1C#N. The van der Waals surface area contributed by atoms with Gasteiger partial charge in [-0.05, 0) is 18.2 Å². The number of hydrogen-bond acceptors (Lipinski definition) is 4. The molecule has 0 N–H and O–H groups in total. The molecule has 0 radical (unpaired) electrons. The first-order valence-electron chi connectivity index (χ1n) is 4.98. The number of halogens is 1. The van der Waals surface area contributed by atoms with E-state index in [9.17, 15) is 0 Å². The number of benzene rings is 1. The quantitative estimate of drug-likeness (QED) is 0.872. The highest BCUT2D eigenvalue weighted by Gasteiger charge is 2.09. The normalized spacial score (nSPS) is 9.94. The van der Waals surface area contributed by atoms with Crippen molar-refractivity contribution in [3.63, 3.8) is 0 Å². The molecule has 5 heteroatoms. The smallest absolute Gasteiger partial charge is 0.101 e. The zero-order valence-electron chi connectivity index (χ0n) is 9.22. The number of aromatic nitrogens is 1. The minimum atomic E-state index is 0.664. The summed E-state index contributed by atoms with van der Waals surface area (Å²) >= 11 is 4.95. The fourth-order valence-electron chi connectivity index (χ4n) is 1.57. The Morgan fingerprint density at radius 2 is 2.35 bits per heavy atom. The van der Waals surface area contributed by atoms with Crippen molar-refractivity contribution in [3.8, 4) is 6.07 Å². The molecule has 1 aromatic carbocycles. The first-order chi connectivity index (χ1) is 8.20. The van der Waals surface area contributed by atoms with E-state index >= 15 is 0 Å². The molecule has 0 spiro atoms. The molecule has 86 valence electrons. The van der Waals surface area contributed by atoms with E-state index in [1.807, 2.05) is 41.0 Å². The summed E-state index contributed by atoms with van der Waals surface area (Å²) in [7, 11) is 1.96. The lowest BCUT2D eigenvalue weighted by molar-refractivity contribution is 0.893. The molecule has 2 rings (SSSR count). The minimum absolute atomic E-state index is 0.664. The van der Waals surface area contributed by atoms with Crippen LogP contribution in [0.25, 0.3) is 0 Å². The molecule has 0 fully saturated rings. The third kappa shape index (κ3) is 2.84. The Morgan fingerprint density at radius 3 is 3.00 bits per heavy atom. The van der Waals surface area contributed by atoms with Crippen LogP contribution in [0.3, 0.4) is 0 Å². The van der Waals surface area contributed by atoms with Crippen molar-refractivity contribution in [1.29, 1.82) is 5.26 Å². The molecule has 2 aromatic rings. The molecule has 0 atom stereocenters. The van der Waals surface area contributed by atoms with Crippen LogP contribution in [0.1, 0.15) is 11.3 Å². The van der Waals surface area contributed by atoms with Crippen molar-refractivity contribution < 1.29 is 0 Å². The van der Waals surface area contributed by atoms with E-state index in [1.165, 1.54) is 0 Å². The molecule has 0 saturated heterocycles. The largest absolute Gasteiger partial charge is 0.368 e. The highest BCUT2D eigenvalue weighted by atomic mass is 79.9. The van der Waals surface area contributed by atoms with Gasteiger partial charge in [-0.15, -0.1) is 11.3 Å². The lowest BCUT2D eigenvalue weighted by Gasteiger charge is -2.19. The van der Waals surface area contributed by atoms with Crippen LogP contribution in [0, 0.1) is 11.3 Å². The molecule has 0 aliphatic rings. The Bertz CT molecular complexity index is 545. The molecule has 1 aromatic heterocycles. The maximum absolute atomic E-state index is 9.11. The molecule has 0 unspecified atom stereocenters. The average Bonchev–Trinajstić information content (AvgIpc) is 2.81. The Kier molecular flexibility index (Phi) is 3.77. The molecule has 17 heavy (non-hydrogen) atoms. The van der Waals surface area contributed by atoms with Gasteiger partial charge in [0.15, 0.2) is 0 Å². The van der Waals surface area contributed by atoms with Crippen LogP contribution in [0.2, 0.25) is 0 Å². The Balaban J connectivity index is 2.25. The van der Waals surface area contributed by atoms with Crippen LogP contribution in [0.4, 0.5) is 5.69 Å². The first kappa shape index (κ1) is 12.1. The monoisotopic (exact) mass is 307 g/mol. The molecule has 1 heterocycles. The van der Waals surface area contributed by atoms with E-state index in [0.29, 0.717) is 12.1 Å². The van der Waals surface area contributed by atoms with Gasteiger partial charge in [-0.25, -0.2) is 4.98 Å². The van der Waals surface area contributed by atoms with Crippen molar-refractivity contribution in [2.45, 2.75) is 6.54 Å².